The Morgan fingerprint density at radius 1 is 0.382 bits per heavy atom. The fraction of sp³-hybridized carbons (Fsp3) is 0.734. The summed E-state index contributed by atoms with van der Waals surface area (Å²) in [4.78, 5) is 48.6. The van der Waals surface area contributed by atoms with Crippen molar-refractivity contribution in [1.82, 2.24) is 0 Å². The molecule has 0 fully saturated rings. The number of hydrogen-bond donors (Lipinski definition) is 2. The first kappa shape index (κ1) is 72.7. The molecule has 438 valence electrons. The molecule has 76 heavy (non-hydrogen) atoms. The van der Waals surface area contributed by atoms with Gasteiger partial charge in [-0.2, -0.15) is 0 Å². The van der Waals surface area contributed by atoms with Crippen LogP contribution in [0.1, 0.15) is 265 Å². The second-order valence-corrected chi connectivity index (χ2v) is 21.6. The number of hydrogen-bond acceptors (Lipinski definition) is 10. The molecule has 0 amide bonds. The molecular formula is C64H111O11P. The maximum Gasteiger partial charge on any atom is 0.472 e. The van der Waals surface area contributed by atoms with Gasteiger partial charge in [-0.05, 0) is 116 Å². The zero-order chi connectivity index (χ0) is 55.5. The second kappa shape index (κ2) is 57.8. The number of aliphatic hydroxyl groups excluding tert-OH is 1. The minimum atomic E-state index is -4.77. The standard InChI is InChI=1S/C64H111O11P/c1-4-7-10-13-16-19-22-25-28-30-33-35-38-41-44-47-50-53-62(66)71-57-61(75-64(68)55-52-49-46-43-40-37-34-31-29-26-23-20-17-14-11-8-5-2)59-73-76(69,70)72-58-60(56-65)74-63(67)54-51-48-45-42-39-36-32-27-24-21-18-15-12-9-6-3/h9,12,17-18,20-21,25-29,32,39,42,60-61,65H,4-8,10-11,13-16,19,22-24,30-31,33-38,40-41,43-59H2,1-3H3,(H,69,70)/b12-9-,20-17-,21-18-,28-25-,29-26-,32-27-,42-39-. The Bertz CT molecular complexity index is 1600. The number of carbonyl (C=O) groups is 3. The summed E-state index contributed by atoms with van der Waals surface area (Å²) in [5.41, 5.74) is 0. The van der Waals surface area contributed by atoms with Crippen molar-refractivity contribution in [3.05, 3.63) is 85.1 Å². The molecule has 0 saturated heterocycles. The van der Waals surface area contributed by atoms with Crippen LogP contribution in [0.4, 0.5) is 0 Å². The number of phosphoric acid groups is 1. The molecule has 0 saturated carbocycles. The van der Waals surface area contributed by atoms with Gasteiger partial charge in [-0.15, -0.1) is 0 Å². The summed E-state index contributed by atoms with van der Waals surface area (Å²) in [6.45, 7) is 4.46. The van der Waals surface area contributed by atoms with Crippen molar-refractivity contribution in [2.24, 2.45) is 0 Å². The third-order valence-corrected chi connectivity index (χ3v) is 13.7. The number of unbranched alkanes of at least 4 members (excludes halogenated alkanes) is 25. The molecule has 0 rings (SSSR count). The highest BCUT2D eigenvalue weighted by atomic mass is 31.2. The largest absolute Gasteiger partial charge is 0.472 e. The molecule has 0 aliphatic rings. The molecule has 0 aliphatic heterocycles. The first-order chi connectivity index (χ1) is 37.2. The Hall–Kier alpha value is -3.34. The number of phosphoric ester groups is 1. The Morgan fingerprint density at radius 2 is 0.684 bits per heavy atom. The van der Waals surface area contributed by atoms with E-state index in [9.17, 15) is 28.9 Å². The lowest BCUT2D eigenvalue weighted by atomic mass is 10.1. The summed E-state index contributed by atoms with van der Waals surface area (Å²) < 4.78 is 39.6. The molecule has 12 heteroatoms. The molecule has 0 aliphatic carbocycles. The Kier molecular flexibility index (Phi) is 55.3. The van der Waals surface area contributed by atoms with Crippen LogP contribution in [-0.4, -0.2) is 66.5 Å². The average molecular weight is 1090 g/mol. The van der Waals surface area contributed by atoms with E-state index in [1.54, 1.807) is 0 Å². The lowest BCUT2D eigenvalue weighted by Crippen LogP contribution is -2.30. The zero-order valence-corrected chi connectivity index (χ0v) is 49.3. The summed E-state index contributed by atoms with van der Waals surface area (Å²) >= 11 is 0. The lowest BCUT2D eigenvalue weighted by Gasteiger charge is -2.21. The molecule has 0 heterocycles. The van der Waals surface area contributed by atoms with Crippen LogP contribution in [-0.2, 0) is 42.2 Å². The maximum absolute atomic E-state index is 12.9. The minimum absolute atomic E-state index is 0.122. The number of ether oxygens (including phenoxy) is 3. The van der Waals surface area contributed by atoms with Gasteiger partial charge in [-0.1, -0.05) is 215 Å². The SMILES string of the molecule is CC/C=C\C/C=C\C/C=C\C/C=C\CCCCC(=O)OC(CO)COP(=O)(O)OCC(COC(=O)CCCCCCCCC/C=C\CCCCCCCC)OC(=O)CCCCCCCCC/C=C\C/C=C\CCCCC. The highest BCUT2D eigenvalue weighted by Gasteiger charge is 2.28. The van der Waals surface area contributed by atoms with Crippen LogP contribution < -0.4 is 0 Å². The number of allylic oxidation sites excluding steroid dienone is 14. The summed E-state index contributed by atoms with van der Waals surface area (Å²) in [5, 5.41) is 9.82. The van der Waals surface area contributed by atoms with Crippen molar-refractivity contribution in [1.29, 1.82) is 0 Å². The maximum atomic E-state index is 12.9. The van der Waals surface area contributed by atoms with E-state index in [-0.39, 0.29) is 25.9 Å². The lowest BCUT2D eigenvalue weighted by molar-refractivity contribution is -0.161. The Balaban J connectivity index is 4.77. The van der Waals surface area contributed by atoms with E-state index < -0.39 is 57.8 Å². The van der Waals surface area contributed by atoms with Gasteiger partial charge in [-0.25, -0.2) is 4.57 Å². The molecule has 2 N–H and O–H groups in total. The first-order valence-electron chi connectivity index (χ1n) is 30.5. The predicted octanol–water partition coefficient (Wildman–Crippen LogP) is 18.3. The second-order valence-electron chi connectivity index (χ2n) is 20.1. The van der Waals surface area contributed by atoms with E-state index in [1.807, 2.05) is 0 Å². The third kappa shape index (κ3) is 55.4. The van der Waals surface area contributed by atoms with Gasteiger partial charge in [-0.3, -0.25) is 23.4 Å². The number of aliphatic hydroxyl groups is 1. The van der Waals surface area contributed by atoms with E-state index in [0.717, 1.165) is 103 Å². The molecule has 0 bridgehead atoms. The van der Waals surface area contributed by atoms with Gasteiger partial charge in [0, 0.05) is 19.3 Å². The predicted molar refractivity (Wildman–Crippen MR) is 316 cm³/mol. The van der Waals surface area contributed by atoms with Crippen molar-refractivity contribution >= 4 is 25.7 Å². The summed E-state index contributed by atoms with van der Waals surface area (Å²) in [5.74, 6) is -1.52. The van der Waals surface area contributed by atoms with Crippen LogP contribution >= 0.6 is 7.82 Å². The quantitative estimate of drug-likeness (QED) is 0.0197. The van der Waals surface area contributed by atoms with Crippen molar-refractivity contribution in [2.45, 2.75) is 277 Å². The molecule has 3 unspecified atom stereocenters. The van der Waals surface area contributed by atoms with Crippen molar-refractivity contribution < 1.29 is 52.2 Å². The highest BCUT2D eigenvalue weighted by Crippen LogP contribution is 2.43. The summed E-state index contributed by atoms with van der Waals surface area (Å²) in [6.07, 6.45) is 66.8. The van der Waals surface area contributed by atoms with Gasteiger partial charge < -0.3 is 24.2 Å². The van der Waals surface area contributed by atoms with Crippen LogP contribution in [0.3, 0.4) is 0 Å². The molecule has 0 aromatic rings. The molecule has 11 nitrogen and oxygen atoms in total. The molecule has 3 atom stereocenters. The topological polar surface area (TPSA) is 155 Å². The van der Waals surface area contributed by atoms with E-state index in [2.05, 4.69) is 106 Å². The highest BCUT2D eigenvalue weighted by molar-refractivity contribution is 7.47. The number of carbonyl (C=O) groups excluding carboxylic acids is 3. The number of rotatable bonds is 56. The first-order valence-corrected chi connectivity index (χ1v) is 32.0. The van der Waals surface area contributed by atoms with Gasteiger partial charge in [0.05, 0.1) is 19.8 Å². The van der Waals surface area contributed by atoms with Crippen molar-refractivity contribution in [2.75, 3.05) is 26.4 Å². The summed E-state index contributed by atoms with van der Waals surface area (Å²) in [6, 6.07) is 0. The van der Waals surface area contributed by atoms with Gasteiger partial charge >= 0.3 is 25.7 Å². The monoisotopic (exact) mass is 1090 g/mol. The van der Waals surface area contributed by atoms with E-state index >= 15 is 0 Å². The molecular weight excluding hydrogens is 976 g/mol. The van der Waals surface area contributed by atoms with Crippen LogP contribution in [0.15, 0.2) is 85.1 Å². The summed E-state index contributed by atoms with van der Waals surface area (Å²) in [7, 11) is -4.77. The molecule has 0 aromatic carbocycles. The van der Waals surface area contributed by atoms with E-state index in [0.29, 0.717) is 19.3 Å². The Labute approximate surface area is 464 Å². The van der Waals surface area contributed by atoms with E-state index in [1.165, 1.54) is 103 Å². The average Bonchev–Trinajstić information content (AvgIpc) is 3.41. The smallest absolute Gasteiger partial charge is 0.462 e. The van der Waals surface area contributed by atoms with Gasteiger partial charge in [0.1, 0.15) is 12.7 Å². The third-order valence-electron chi connectivity index (χ3n) is 12.8. The van der Waals surface area contributed by atoms with Crippen LogP contribution in [0, 0.1) is 0 Å². The van der Waals surface area contributed by atoms with Gasteiger partial charge in [0.2, 0.25) is 0 Å². The van der Waals surface area contributed by atoms with Crippen LogP contribution in [0.2, 0.25) is 0 Å². The van der Waals surface area contributed by atoms with Crippen molar-refractivity contribution in [3.63, 3.8) is 0 Å². The van der Waals surface area contributed by atoms with Gasteiger partial charge in [0.15, 0.2) is 6.10 Å². The Morgan fingerprint density at radius 3 is 1.12 bits per heavy atom. The fourth-order valence-electron chi connectivity index (χ4n) is 8.14. The zero-order valence-electron chi connectivity index (χ0n) is 48.5. The number of esters is 3. The molecule has 0 spiro atoms. The van der Waals surface area contributed by atoms with Crippen molar-refractivity contribution in [3.8, 4) is 0 Å². The van der Waals surface area contributed by atoms with E-state index in [4.69, 9.17) is 23.3 Å². The molecule has 0 aromatic heterocycles. The van der Waals surface area contributed by atoms with Crippen LogP contribution in [0.25, 0.3) is 0 Å². The normalized spacial score (nSPS) is 13.9. The fourth-order valence-corrected chi connectivity index (χ4v) is 8.92. The van der Waals surface area contributed by atoms with Gasteiger partial charge in [0.25, 0.3) is 0 Å². The minimum Gasteiger partial charge on any atom is -0.462 e. The van der Waals surface area contributed by atoms with Crippen LogP contribution in [0.5, 0.6) is 0 Å². The molecule has 0 radical (unpaired) electrons.